The number of fused-ring (bicyclic) bond motifs is 1. The van der Waals surface area contributed by atoms with E-state index in [2.05, 4.69) is 44.0 Å². The lowest BCUT2D eigenvalue weighted by Gasteiger charge is -2.10. The molecular weight excluding hydrogens is 316 g/mol. The molecule has 0 radical (unpaired) electrons. The van der Waals surface area contributed by atoms with Crippen LogP contribution in [0.1, 0.15) is 24.7 Å². The Labute approximate surface area is 147 Å². The highest BCUT2D eigenvalue weighted by Gasteiger charge is 2.04. The number of rotatable bonds is 7. The summed E-state index contributed by atoms with van der Waals surface area (Å²) < 4.78 is 3.78. The van der Waals surface area contributed by atoms with Crippen molar-refractivity contribution in [3.05, 3.63) is 48.2 Å². The Balaban J connectivity index is 1.53. The van der Waals surface area contributed by atoms with E-state index in [1.807, 2.05) is 46.7 Å². The minimum Gasteiger partial charge on any atom is -0.357 e. The van der Waals surface area contributed by atoms with Crippen LogP contribution in [-0.4, -0.2) is 43.4 Å². The van der Waals surface area contributed by atoms with E-state index in [-0.39, 0.29) is 0 Å². The maximum Gasteiger partial charge on any atom is 0.191 e. The predicted octanol–water partition coefficient (Wildman–Crippen LogP) is 1.15. The molecule has 0 saturated carbocycles. The number of aryl methyl sites for hydroxylation is 2. The van der Waals surface area contributed by atoms with Crippen molar-refractivity contribution in [3.63, 3.8) is 0 Å². The van der Waals surface area contributed by atoms with Gasteiger partial charge in [-0.25, -0.2) is 4.99 Å². The molecule has 0 spiro atoms. The molecule has 0 aliphatic carbocycles. The van der Waals surface area contributed by atoms with Gasteiger partial charge in [-0.15, -0.1) is 10.2 Å². The second kappa shape index (κ2) is 8.27. The summed E-state index contributed by atoms with van der Waals surface area (Å²) in [5, 5.41) is 19.2. The van der Waals surface area contributed by atoms with Crippen LogP contribution in [0, 0.1) is 0 Å². The summed E-state index contributed by atoms with van der Waals surface area (Å²) in [5.74, 6) is 1.62. The molecule has 0 saturated heterocycles. The van der Waals surface area contributed by atoms with Gasteiger partial charge >= 0.3 is 0 Å². The molecule has 0 fully saturated rings. The average molecular weight is 340 g/mol. The fourth-order valence-corrected chi connectivity index (χ4v) is 2.59. The molecule has 0 aliphatic heterocycles. The Morgan fingerprint density at radius 2 is 2.16 bits per heavy atom. The van der Waals surface area contributed by atoms with Gasteiger partial charge in [-0.1, -0.05) is 6.07 Å². The first-order valence-electron chi connectivity index (χ1n) is 8.54. The van der Waals surface area contributed by atoms with E-state index in [4.69, 9.17) is 0 Å². The van der Waals surface area contributed by atoms with Gasteiger partial charge in [-0.3, -0.25) is 9.08 Å². The zero-order chi connectivity index (χ0) is 17.5. The Bertz CT molecular complexity index is 832. The normalized spacial score (nSPS) is 11.8. The second-order valence-corrected chi connectivity index (χ2v) is 5.79. The number of aromatic nitrogens is 5. The third-order valence-corrected chi connectivity index (χ3v) is 3.80. The van der Waals surface area contributed by atoms with Crippen molar-refractivity contribution in [2.45, 2.75) is 26.3 Å². The Hall–Kier alpha value is -2.90. The highest BCUT2D eigenvalue weighted by Crippen LogP contribution is 2.04. The van der Waals surface area contributed by atoms with Crippen molar-refractivity contribution in [3.8, 4) is 0 Å². The quantitative estimate of drug-likeness (QED) is 0.383. The van der Waals surface area contributed by atoms with E-state index in [9.17, 15) is 0 Å². The summed E-state index contributed by atoms with van der Waals surface area (Å²) in [4.78, 5) is 4.61. The number of guanidine groups is 1. The summed E-state index contributed by atoms with van der Waals surface area (Å²) >= 11 is 0. The van der Waals surface area contributed by atoms with Crippen molar-refractivity contribution in [2.24, 2.45) is 12.0 Å². The molecule has 0 atom stereocenters. The van der Waals surface area contributed by atoms with Gasteiger partial charge in [0.2, 0.25) is 0 Å². The minimum atomic E-state index is 0.475. The number of hydrogen-bond acceptors (Lipinski definition) is 4. The maximum atomic E-state index is 4.61. The molecule has 25 heavy (non-hydrogen) atoms. The lowest BCUT2D eigenvalue weighted by Crippen LogP contribution is -2.37. The Morgan fingerprint density at radius 3 is 2.96 bits per heavy atom. The van der Waals surface area contributed by atoms with E-state index in [0.717, 1.165) is 43.4 Å². The van der Waals surface area contributed by atoms with Gasteiger partial charge < -0.3 is 10.6 Å². The molecule has 8 heteroatoms. The van der Waals surface area contributed by atoms with Crippen molar-refractivity contribution in [2.75, 3.05) is 13.1 Å². The number of aliphatic imine (C=N–C) groups is 1. The van der Waals surface area contributed by atoms with Gasteiger partial charge in [0.05, 0.1) is 6.20 Å². The summed E-state index contributed by atoms with van der Waals surface area (Å²) in [6.45, 7) is 4.19. The number of nitrogens with one attached hydrogen (secondary N) is 2. The van der Waals surface area contributed by atoms with Crippen molar-refractivity contribution >= 4 is 11.6 Å². The predicted molar refractivity (Wildman–Crippen MR) is 97.3 cm³/mol. The minimum absolute atomic E-state index is 0.475. The van der Waals surface area contributed by atoms with Crippen LogP contribution in [0.15, 0.2) is 41.8 Å². The largest absolute Gasteiger partial charge is 0.357 e. The number of pyridine rings is 1. The van der Waals surface area contributed by atoms with Crippen LogP contribution in [0.25, 0.3) is 5.65 Å². The van der Waals surface area contributed by atoms with Gasteiger partial charge in [0.15, 0.2) is 17.4 Å². The zero-order valence-electron chi connectivity index (χ0n) is 14.7. The number of hydrogen-bond donors (Lipinski definition) is 2. The van der Waals surface area contributed by atoms with Crippen LogP contribution in [0.2, 0.25) is 0 Å². The number of nitrogens with zero attached hydrogens (tertiary/aromatic N) is 6. The third kappa shape index (κ3) is 4.56. The summed E-state index contributed by atoms with van der Waals surface area (Å²) in [6.07, 6.45) is 7.93. The van der Waals surface area contributed by atoms with Gasteiger partial charge in [-0.05, 0) is 37.5 Å². The van der Waals surface area contributed by atoms with E-state index in [1.54, 1.807) is 0 Å². The van der Waals surface area contributed by atoms with Gasteiger partial charge in [0.25, 0.3) is 0 Å². The van der Waals surface area contributed by atoms with Crippen LogP contribution < -0.4 is 10.6 Å². The summed E-state index contributed by atoms with van der Waals surface area (Å²) in [5.41, 5.74) is 2.09. The second-order valence-electron chi connectivity index (χ2n) is 5.79. The average Bonchev–Trinajstić information content (AvgIpc) is 3.22. The molecule has 3 aromatic rings. The third-order valence-electron chi connectivity index (χ3n) is 3.80. The van der Waals surface area contributed by atoms with Crippen LogP contribution >= 0.6 is 0 Å². The first kappa shape index (κ1) is 16.9. The fourth-order valence-electron chi connectivity index (χ4n) is 2.59. The molecular formula is C17H24N8. The summed E-state index contributed by atoms with van der Waals surface area (Å²) in [7, 11) is 1.94. The van der Waals surface area contributed by atoms with Crippen molar-refractivity contribution in [1.29, 1.82) is 0 Å². The molecule has 132 valence electrons. The molecule has 0 aromatic carbocycles. The molecule has 8 nitrogen and oxygen atoms in total. The van der Waals surface area contributed by atoms with Crippen molar-refractivity contribution < 1.29 is 0 Å². The van der Waals surface area contributed by atoms with Crippen LogP contribution in [0.3, 0.4) is 0 Å². The smallest absolute Gasteiger partial charge is 0.191 e. The summed E-state index contributed by atoms with van der Waals surface area (Å²) in [6, 6.07) is 5.85. The van der Waals surface area contributed by atoms with Gasteiger partial charge in [-0.2, -0.15) is 5.10 Å². The molecule has 0 bridgehead atoms. The van der Waals surface area contributed by atoms with Crippen molar-refractivity contribution in [1.82, 2.24) is 35.0 Å². The molecule has 3 heterocycles. The van der Waals surface area contributed by atoms with Gasteiger partial charge in [0.1, 0.15) is 6.54 Å². The topological polar surface area (TPSA) is 84.4 Å². The highest BCUT2D eigenvalue weighted by atomic mass is 15.3. The monoisotopic (exact) mass is 340 g/mol. The fraction of sp³-hybridized carbons (Fsp3) is 0.412. The molecule has 0 aliphatic rings. The van der Waals surface area contributed by atoms with Crippen LogP contribution in [0.4, 0.5) is 0 Å². The molecule has 3 aromatic heterocycles. The standard InChI is InChI=1S/C17H24N8/c1-3-18-17(19-9-6-7-14-11-21-24(2)13-14)20-12-16-23-22-15-8-4-5-10-25(15)16/h4-5,8,10-11,13H,3,6-7,9,12H2,1-2H3,(H2,18,19,20). The van der Waals surface area contributed by atoms with Crippen LogP contribution in [0.5, 0.6) is 0 Å². The van der Waals surface area contributed by atoms with E-state index in [0.29, 0.717) is 6.54 Å². The first-order valence-corrected chi connectivity index (χ1v) is 8.54. The van der Waals surface area contributed by atoms with Gasteiger partial charge in [0, 0.05) is 32.5 Å². The molecule has 0 unspecified atom stereocenters. The first-order chi connectivity index (χ1) is 12.3. The SMILES string of the molecule is CCNC(=NCc1nnc2ccccn12)NCCCc1cnn(C)c1. The molecule has 2 N–H and O–H groups in total. The molecule has 3 rings (SSSR count). The maximum absolute atomic E-state index is 4.61. The Kier molecular flexibility index (Phi) is 5.61. The lowest BCUT2D eigenvalue weighted by molar-refractivity contribution is 0.737. The molecule has 0 amide bonds. The van der Waals surface area contributed by atoms with E-state index >= 15 is 0 Å². The Morgan fingerprint density at radius 1 is 1.24 bits per heavy atom. The lowest BCUT2D eigenvalue weighted by atomic mass is 10.2. The highest BCUT2D eigenvalue weighted by molar-refractivity contribution is 5.79. The van der Waals surface area contributed by atoms with E-state index < -0.39 is 0 Å². The van der Waals surface area contributed by atoms with E-state index in [1.165, 1.54) is 5.56 Å². The van der Waals surface area contributed by atoms with Crippen LogP contribution in [-0.2, 0) is 20.0 Å². The zero-order valence-corrected chi connectivity index (χ0v) is 14.7.